The van der Waals surface area contributed by atoms with E-state index in [0.717, 1.165) is 5.76 Å². The molecule has 5 heteroatoms. The summed E-state index contributed by atoms with van der Waals surface area (Å²) in [5.74, 6) is 0.941. The molecule has 0 saturated heterocycles. The van der Waals surface area contributed by atoms with Crippen LogP contribution in [-0.2, 0) is 9.53 Å². The second-order valence-corrected chi connectivity index (χ2v) is 3.23. The summed E-state index contributed by atoms with van der Waals surface area (Å²) in [5, 5.41) is 12.3. The summed E-state index contributed by atoms with van der Waals surface area (Å²) in [7, 11) is 1.29. The SMILES string of the molecule is COC(=O)CC(O)CNc1ccc(C)o1. The maximum Gasteiger partial charge on any atom is 0.308 e. The monoisotopic (exact) mass is 213 g/mol. The van der Waals surface area contributed by atoms with Gasteiger partial charge in [0.1, 0.15) is 5.76 Å². The number of aliphatic hydroxyl groups is 1. The molecule has 0 aliphatic heterocycles. The van der Waals surface area contributed by atoms with Crippen molar-refractivity contribution in [2.45, 2.75) is 19.4 Å². The van der Waals surface area contributed by atoms with Gasteiger partial charge in [-0.1, -0.05) is 0 Å². The fourth-order valence-corrected chi connectivity index (χ4v) is 1.10. The van der Waals surface area contributed by atoms with Crippen LogP contribution < -0.4 is 5.32 Å². The molecule has 1 heterocycles. The van der Waals surface area contributed by atoms with E-state index in [-0.39, 0.29) is 13.0 Å². The summed E-state index contributed by atoms with van der Waals surface area (Å²) >= 11 is 0. The highest BCUT2D eigenvalue weighted by molar-refractivity contribution is 5.69. The van der Waals surface area contributed by atoms with Crippen LogP contribution >= 0.6 is 0 Å². The van der Waals surface area contributed by atoms with Gasteiger partial charge in [0.15, 0.2) is 5.88 Å². The number of aryl methyl sites for hydroxylation is 1. The van der Waals surface area contributed by atoms with E-state index in [0.29, 0.717) is 5.88 Å². The number of hydrogen-bond acceptors (Lipinski definition) is 5. The molecule has 0 fully saturated rings. The molecule has 2 N–H and O–H groups in total. The van der Waals surface area contributed by atoms with Crippen molar-refractivity contribution in [2.24, 2.45) is 0 Å². The highest BCUT2D eigenvalue weighted by Gasteiger charge is 2.11. The second-order valence-electron chi connectivity index (χ2n) is 3.23. The molecule has 0 aliphatic carbocycles. The van der Waals surface area contributed by atoms with Crippen molar-refractivity contribution in [1.29, 1.82) is 0 Å². The van der Waals surface area contributed by atoms with Crippen molar-refractivity contribution in [3.63, 3.8) is 0 Å². The molecule has 0 saturated carbocycles. The third kappa shape index (κ3) is 4.03. The maximum absolute atomic E-state index is 10.8. The van der Waals surface area contributed by atoms with Gasteiger partial charge in [-0.3, -0.25) is 4.79 Å². The van der Waals surface area contributed by atoms with Crippen molar-refractivity contribution < 1.29 is 19.1 Å². The van der Waals surface area contributed by atoms with Gasteiger partial charge < -0.3 is 19.6 Å². The second kappa shape index (κ2) is 5.41. The van der Waals surface area contributed by atoms with Crippen LogP contribution in [0.5, 0.6) is 0 Å². The zero-order valence-corrected chi connectivity index (χ0v) is 8.82. The first kappa shape index (κ1) is 11.6. The Labute approximate surface area is 88.0 Å². The molecular formula is C10H15NO4. The summed E-state index contributed by atoms with van der Waals surface area (Å²) < 4.78 is 9.65. The van der Waals surface area contributed by atoms with Gasteiger partial charge in [-0.15, -0.1) is 0 Å². The van der Waals surface area contributed by atoms with Crippen LogP contribution in [0.4, 0.5) is 5.88 Å². The van der Waals surface area contributed by atoms with Crippen LogP contribution in [-0.4, -0.2) is 30.8 Å². The quantitative estimate of drug-likeness (QED) is 0.712. The Morgan fingerprint density at radius 2 is 2.40 bits per heavy atom. The van der Waals surface area contributed by atoms with E-state index < -0.39 is 12.1 Å². The number of carbonyl (C=O) groups excluding carboxylic acids is 1. The molecule has 1 aromatic heterocycles. The molecule has 1 atom stereocenters. The fraction of sp³-hybridized carbons (Fsp3) is 0.500. The zero-order valence-electron chi connectivity index (χ0n) is 8.82. The molecule has 0 spiro atoms. The third-order valence-electron chi connectivity index (χ3n) is 1.88. The lowest BCUT2D eigenvalue weighted by Gasteiger charge is -2.09. The number of esters is 1. The molecule has 0 amide bonds. The Morgan fingerprint density at radius 3 is 2.93 bits per heavy atom. The largest absolute Gasteiger partial charge is 0.469 e. The molecule has 0 aromatic carbocycles. The molecule has 15 heavy (non-hydrogen) atoms. The van der Waals surface area contributed by atoms with E-state index in [2.05, 4.69) is 10.1 Å². The normalized spacial score (nSPS) is 12.2. The highest BCUT2D eigenvalue weighted by Crippen LogP contribution is 2.11. The molecule has 1 unspecified atom stereocenters. The number of aliphatic hydroxyl groups excluding tert-OH is 1. The number of rotatable bonds is 5. The van der Waals surface area contributed by atoms with E-state index >= 15 is 0 Å². The Kier molecular flexibility index (Phi) is 4.17. The lowest BCUT2D eigenvalue weighted by molar-refractivity contribution is -0.142. The zero-order chi connectivity index (χ0) is 11.3. The average molecular weight is 213 g/mol. The predicted molar refractivity (Wildman–Crippen MR) is 54.6 cm³/mol. The molecule has 0 aliphatic rings. The minimum absolute atomic E-state index is 0.0246. The van der Waals surface area contributed by atoms with Crippen molar-refractivity contribution in [2.75, 3.05) is 19.0 Å². The van der Waals surface area contributed by atoms with Gasteiger partial charge in [-0.2, -0.15) is 0 Å². The van der Waals surface area contributed by atoms with Crippen LogP contribution in [0.3, 0.4) is 0 Å². The van der Waals surface area contributed by atoms with Crippen molar-refractivity contribution >= 4 is 11.9 Å². The first-order chi connectivity index (χ1) is 7.11. The molecule has 5 nitrogen and oxygen atoms in total. The molecular weight excluding hydrogens is 198 g/mol. The summed E-state index contributed by atoms with van der Waals surface area (Å²) in [5.41, 5.74) is 0. The van der Waals surface area contributed by atoms with Crippen LogP contribution in [0.1, 0.15) is 12.2 Å². The summed E-state index contributed by atoms with van der Waals surface area (Å²) in [6, 6.07) is 3.58. The summed E-state index contributed by atoms with van der Waals surface area (Å²) in [6.45, 7) is 2.08. The topological polar surface area (TPSA) is 71.7 Å². The molecule has 1 aromatic rings. The number of methoxy groups -OCH3 is 1. The van der Waals surface area contributed by atoms with E-state index in [9.17, 15) is 9.90 Å². The minimum atomic E-state index is -0.775. The third-order valence-corrected chi connectivity index (χ3v) is 1.88. The first-order valence-electron chi connectivity index (χ1n) is 4.67. The Balaban J connectivity index is 2.28. The van der Waals surface area contributed by atoms with Gasteiger partial charge in [-0.25, -0.2) is 0 Å². The number of hydrogen-bond donors (Lipinski definition) is 2. The predicted octanol–water partition coefficient (Wildman–Crippen LogP) is 0.924. The van der Waals surface area contributed by atoms with Crippen molar-refractivity contribution in [3.05, 3.63) is 17.9 Å². The number of carbonyl (C=O) groups is 1. The molecule has 0 radical (unpaired) electrons. The van der Waals surface area contributed by atoms with Crippen molar-refractivity contribution in [3.8, 4) is 0 Å². The summed E-state index contributed by atoms with van der Waals surface area (Å²) in [6.07, 6.45) is -0.800. The van der Waals surface area contributed by atoms with Gasteiger partial charge in [0, 0.05) is 12.6 Å². The lowest BCUT2D eigenvalue weighted by Crippen LogP contribution is -2.23. The van der Waals surface area contributed by atoms with Gasteiger partial charge in [0.05, 0.1) is 19.6 Å². The van der Waals surface area contributed by atoms with Crippen LogP contribution in [0.15, 0.2) is 16.5 Å². The minimum Gasteiger partial charge on any atom is -0.469 e. The molecule has 1 rings (SSSR count). The van der Waals surface area contributed by atoms with Crippen molar-refractivity contribution in [1.82, 2.24) is 0 Å². The van der Waals surface area contributed by atoms with Gasteiger partial charge >= 0.3 is 5.97 Å². The van der Waals surface area contributed by atoms with Gasteiger partial charge in [-0.05, 0) is 13.0 Å². The smallest absolute Gasteiger partial charge is 0.308 e. The van der Waals surface area contributed by atoms with Crippen LogP contribution in [0.25, 0.3) is 0 Å². The molecule has 0 bridgehead atoms. The Hall–Kier alpha value is -1.49. The van der Waals surface area contributed by atoms with E-state index in [1.165, 1.54) is 7.11 Å². The van der Waals surface area contributed by atoms with Gasteiger partial charge in [0.25, 0.3) is 0 Å². The maximum atomic E-state index is 10.8. The molecule has 84 valence electrons. The Morgan fingerprint density at radius 1 is 1.67 bits per heavy atom. The van der Waals surface area contributed by atoms with Crippen LogP contribution in [0.2, 0.25) is 0 Å². The number of furan rings is 1. The lowest BCUT2D eigenvalue weighted by atomic mass is 10.2. The highest BCUT2D eigenvalue weighted by atomic mass is 16.5. The number of anilines is 1. The number of nitrogens with one attached hydrogen (secondary N) is 1. The Bertz CT molecular complexity index is 321. The van der Waals surface area contributed by atoms with E-state index in [1.807, 2.05) is 13.0 Å². The first-order valence-corrected chi connectivity index (χ1v) is 4.67. The summed E-state index contributed by atoms with van der Waals surface area (Å²) in [4.78, 5) is 10.8. The van der Waals surface area contributed by atoms with E-state index in [1.54, 1.807) is 6.07 Å². The van der Waals surface area contributed by atoms with Crippen LogP contribution in [0, 0.1) is 6.92 Å². The average Bonchev–Trinajstić information content (AvgIpc) is 2.61. The standard InChI is InChI=1S/C10H15NO4/c1-7-3-4-9(15-7)11-6-8(12)5-10(13)14-2/h3-4,8,11-12H,5-6H2,1-2H3. The van der Waals surface area contributed by atoms with Gasteiger partial charge in [0.2, 0.25) is 0 Å². The fourth-order valence-electron chi connectivity index (χ4n) is 1.10. The van der Waals surface area contributed by atoms with E-state index in [4.69, 9.17) is 4.42 Å². The number of ether oxygens (including phenoxy) is 1.